The third-order valence-corrected chi connectivity index (χ3v) is 0.795. The first-order valence-corrected chi connectivity index (χ1v) is 2.17. The van der Waals surface area contributed by atoms with Crippen LogP contribution < -0.4 is 5.43 Å². The molecule has 40 valence electrons. The van der Waals surface area contributed by atoms with Crippen LogP contribution in [0.4, 0.5) is 0 Å². The van der Waals surface area contributed by atoms with Gasteiger partial charge in [-0.25, -0.2) is 5.43 Å². The fraction of sp³-hybridized carbons (Fsp3) is 0.500. The molecule has 4 nitrogen and oxygen atoms in total. The normalized spacial score (nSPS) is 22.7. The maximum Gasteiger partial charge on any atom is 0.225 e. The van der Waals surface area contributed by atoms with Crippen molar-refractivity contribution in [3.05, 3.63) is 0 Å². The molecular formula is C2H5N3OS. The number of hydrogen-bond donors (Lipinski definition) is 3. The van der Waals surface area contributed by atoms with Gasteiger partial charge in [-0.3, -0.25) is 5.41 Å². The molecule has 0 bridgehead atoms. The minimum Gasteiger partial charge on any atom is -0.364 e. The molecule has 1 aliphatic rings. The minimum absolute atomic E-state index is 0.190. The van der Waals surface area contributed by atoms with Crippen molar-refractivity contribution in [3.8, 4) is 0 Å². The number of hydrazine groups is 1. The van der Waals surface area contributed by atoms with Crippen molar-refractivity contribution in [2.75, 3.05) is 6.54 Å². The summed E-state index contributed by atoms with van der Waals surface area (Å²) >= 11 is 3.71. The second-order valence-corrected chi connectivity index (χ2v) is 1.49. The highest BCUT2D eigenvalue weighted by molar-refractivity contribution is 7.77. The number of nitrogens with zero attached hydrogens (tertiary/aromatic N) is 1. The van der Waals surface area contributed by atoms with Crippen LogP contribution in [-0.2, 0) is 4.84 Å². The van der Waals surface area contributed by atoms with Crippen LogP contribution >= 0.6 is 12.8 Å². The van der Waals surface area contributed by atoms with Gasteiger partial charge in [0.05, 0.1) is 6.54 Å². The number of hydrogen-bond acceptors (Lipinski definition) is 5. The van der Waals surface area contributed by atoms with Crippen LogP contribution in [0, 0.1) is 5.41 Å². The van der Waals surface area contributed by atoms with Gasteiger partial charge in [0, 0.05) is 0 Å². The van der Waals surface area contributed by atoms with Gasteiger partial charge in [-0.05, 0) is 17.4 Å². The van der Waals surface area contributed by atoms with Crippen LogP contribution in [0.3, 0.4) is 0 Å². The first kappa shape index (κ1) is 4.89. The molecule has 0 atom stereocenters. The van der Waals surface area contributed by atoms with E-state index in [1.807, 2.05) is 0 Å². The molecule has 0 aromatic rings. The van der Waals surface area contributed by atoms with Gasteiger partial charge in [-0.15, -0.1) is 0 Å². The molecule has 2 N–H and O–H groups in total. The van der Waals surface area contributed by atoms with E-state index in [0.717, 1.165) is 4.58 Å². The molecule has 5 heteroatoms. The Kier molecular flexibility index (Phi) is 1.18. The lowest BCUT2D eigenvalue weighted by atomic mass is 10.7. The number of rotatable bonds is 0. The number of nitrogens with one attached hydrogen (secondary N) is 2. The van der Waals surface area contributed by atoms with E-state index in [0.29, 0.717) is 6.54 Å². The molecule has 1 rings (SSSR count). The van der Waals surface area contributed by atoms with E-state index in [1.165, 1.54) is 0 Å². The quantitative estimate of drug-likeness (QED) is 0.379. The predicted molar refractivity (Wildman–Crippen MR) is 27.6 cm³/mol. The summed E-state index contributed by atoms with van der Waals surface area (Å²) in [6.07, 6.45) is 0. The van der Waals surface area contributed by atoms with Crippen molar-refractivity contribution >= 4 is 18.7 Å². The Hall–Kier alpha value is -0.260. The Bertz CT molecular complexity index is 94.9. The van der Waals surface area contributed by atoms with Crippen LogP contribution in [-0.4, -0.2) is 17.0 Å². The lowest BCUT2D eigenvalue weighted by Crippen LogP contribution is -2.18. The Morgan fingerprint density at radius 1 is 2.00 bits per heavy atom. The van der Waals surface area contributed by atoms with Gasteiger partial charge in [0.15, 0.2) is 0 Å². The van der Waals surface area contributed by atoms with E-state index in [1.54, 1.807) is 0 Å². The average molecular weight is 119 g/mol. The van der Waals surface area contributed by atoms with Gasteiger partial charge in [-0.1, -0.05) is 0 Å². The molecule has 0 aliphatic carbocycles. The predicted octanol–water partition coefficient (Wildman–Crippen LogP) is -0.440. The van der Waals surface area contributed by atoms with Gasteiger partial charge in [0.1, 0.15) is 0 Å². The van der Waals surface area contributed by atoms with Crippen LogP contribution in [0.5, 0.6) is 0 Å². The van der Waals surface area contributed by atoms with Crippen molar-refractivity contribution in [1.29, 1.82) is 5.41 Å². The SMILES string of the molecule is N=C1CNN(S)O1. The smallest absolute Gasteiger partial charge is 0.225 e. The van der Waals surface area contributed by atoms with E-state index in [4.69, 9.17) is 5.41 Å². The summed E-state index contributed by atoms with van der Waals surface area (Å²) < 4.78 is 1.10. The lowest BCUT2D eigenvalue weighted by molar-refractivity contribution is 0.0304. The van der Waals surface area contributed by atoms with Gasteiger partial charge >= 0.3 is 0 Å². The zero-order chi connectivity index (χ0) is 5.28. The highest BCUT2D eigenvalue weighted by atomic mass is 32.1. The van der Waals surface area contributed by atoms with Crippen LogP contribution in [0.2, 0.25) is 0 Å². The highest BCUT2D eigenvalue weighted by Gasteiger charge is 2.12. The van der Waals surface area contributed by atoms with Crippen molar-refractivity contribution in [3.63, 3.8) is 0 Å². The third kappa shape index (κ3) is 1.05. The first-order chi connectivity index (χ1) is 3.29. The maximum atomic E-state index is 6.80. The van der Waals surface area contributed by atoms with Crippen LogP contribution in [0.15, 0.2) is 0 Å². The molecule has 1 fully saturated rings. The van der Waals surface area contributed by atoms with E-state index < -0.39 is 0 Å². The molecule has 0 unspecified atom stereocenters. The molecule has 0 aromatic carbocycles. The van der Waals surface area contributed by atoms with E-state index in [-0.39, 0.29) is 5.90 Å². The van der Waals surface area contributed by atoms with Crippen molar-refractivity contribution < 1.29 is 4.84 Å². The van der Waals surface area contributed by atoms with Crippen molar-refractivity contribution in [2.45, 2.75) is 0 Å². The molecule has 0 radical (unpaired) electrons. The fourth-order valence-electron chi connectivity index (χ4n) is 0.308. The van der Waals surface area contributed by atoms with Gasteiger partial charge in [0.25, 0.3) is 0 Å². The summed E-state index contributed by atoms with van der Waals surface area (Å²) in [5.74, 6) is 0.190. The van der Waals surface area contributed by atoms with Crippen molar-refractivity contribution in [1.82, 2.24) is 10.0 Å². The van der Waals surface area contributed by atoms with Crippen molar-refractivity contribution in [2.24, 2.45) is 0 Å². The van der Waals surface area contributed by atoms with E-state index in [9.17, 15) is 0 Å². The van der Waals surface area contributed by atoms with Gasteiger partial charge < -0.3 is 4.84 Å². The van der Waals surface area contributed by atoms with Gasteiger partial charge in [0.2, 0.25) is 5.90 Å². The van der Waals surface area contributed by atoms with E-state index in [2.05, 4.69) is 23.1 Å². The summed E-state index contributed by atoms with van der Waals surface area (Å²) in [6, 6.07) is 0. The summed E-state index contributed by atoms with van der Waals surface area (Å²) in [6.45, 7) is 0.434. The third-order valence-electron chi connectivity index (χ3n) is 0.572. The maximum absolute atomic E-state index is 6.80. The molecular weight excluding hydrogens is 114 g/mol. The molecule has 0 aromatic heterocycles. The summed E-state index contributed by atoms with van der Waals surface area (Å²) in [7, 11) is 0. The first-order valence-electron chi connectivity index (χ1n) is 1.77. The lowest BCUT2D eigenvalue weighted by Gasteiger charge is -1.99. The number of thiol groups is 1. The topological polar surface area (TPSA) is 48.4 Å². The Balaban J connectivity index is 2.40. The highest BCUT2D eigenvalue weighted by Crippen LogP contribution is 1.95. The Morgan fingerprint density at radius 2 is 2.71 bits per heavy atom. The average Bonchev–Trinajstić information content (AvgIpc) is 1.87. The summed E-state index contributed by atoms with van der Waals surface area (Å²) in [5, 5.41) is 6.80. The zero-order valence-corrected chi connectivity index (χ0v) is 4.40. The second-order valence-electron chi connectivity index (χ2n) is 1.12. The standard InChI is InChI=1S/C2H5N3OS/c3-2-1-4-5(7)6-2/h3-4,7H,1H2. The molecule has 0 saturated carbocycles. The zero-order valence-electron chi connectivity index (χ0n) is 3.51. The van der Waals surface area contributed by atoms with Crippen LogP contribution in [0.1, 0.15) is 0 Å². The molecule has 1 saturated heterocycles. The fourth-order valence-corrected chi connectivity index (χ4v) is 0.478. The molecule has 7 heavy (non-hydrogen) atoms. The Labute approximate surface area is 46.4 Å². The van der Waals surface area contributed by atoms with Crippen LogP contribution in [0.25, 0.3) is 0 Å². The molecule has 1 heterocycles. The largest absolute Gasteiger partial charge is 0.364 e. The minimum atomic E-state index is 0.190. The molecule has 0 amide bonds. The van der Waals surface area contributed by atoms with Gasteiger partial charge in [-0.2, -0.15) is 0 Å². The summed E-state index contributed by atoms with van der Waals surface area (Å²) in [5.41, 5.74) is 2.62. The second kappa shape index (κ2) is 1.69. The monoisotopic (exact) mass is 119 g/mol. The van der Waals surface area contributed by atoms with E-state index >= 15 is 0 Å². The Morgan fingerprint density at radius 3 is 2.86 bits per heavy atom. The summed E-state index contributed by atoms with van der Waals surface area (Å²) in [4.78, 5) is 4.53. The molecule has 1 aliphatic heterocycles. The molecule has 0 spiro atoms.